The van der Waals surface area contributed by atoms with Gasteiger partial charge in [0.2, 0.25) is 0 Å². The van der Waals surface area contributed by atoms with Gasteiger partial charge in [0.1, 0.15) is 0 Å². The second-order valence-electron chi connectivity index (χ2n) is 4.62. The zero-order valence-electron chi connectivity index (χ0n) is 10.5. The molecule has 0 aliphatic carbocycles. The second kappa shape index (κ2) is 4.87. The van der Waals surface area contributed by atoms with Gasteiger partial charge in [-0.3, -0.25) is 9.89 Å². The number of ether oxygens (including phenoxy) is 1. The van der Waals surface area contributed by atoms with Crippen LogP contribution in [0.3, 0.4) is 0 Å². The summed E-state index contributed by atoms with van der Waals surface area (Å²) in [4.78, 5) is 12.1. The zero-order valence-corrected chi connectivity index (χ0v) is 10.5. The van der Waals surface area contributed by atoms with E-state index >= 15 is 0 Å². The number of hydrogen-bond donors (Lipinski definition) is 2. The number of H-pyrrole nitrogens is 1. The van der Waals surface area contributed by atoms with Crippen LogP contribution in [0.25, 0.3) is 0 Å². The van der Waals surface area contributed by atoms with Gasteiger partial charge in [-0.15, -0.1) is 0 Å². The summed E-state index contributed by atoms with van der Waals surface area (Å²) in [6.07, 6.45) is 2.24. The lowest BCUT2D eigenvalue weighted by atomic mass is 10.1. The van der Waals surface area contributed by atoms with E-state index in [1.54, 1.807) is 0 Å². The average Bonchev–Trinajstić information content (AvgIpc) is 2.88. The van der Waals surface area contributed by atoms with Gasteiger partial charge in [-0.1, -0.05) is 0 Å². The SMILES string of the molecule is Cc1n[nH]c(C)c1C(=O)NC(C)C1CCCO1. The fraction of sp³-hybridized carbons (Fsp3) is 0.667. The lowest BCUT2D eigenvalue weighted by molar-refractivity contribution is 0.0711. The Bertz CT molecular complexity index is 388. The highest BCUT2D eigenvalue weighted by Gasteiger charge is 2.25. The predicted molar refractivity (Wildman–Crippen MR) is 64.0 cm³/mol. The molecular formula is C12H19N3O2. The Morgan fingerprint density at radius 3 is 2.88 bits per heavy atom. The second-order valence-corrected chi connectivity index (χ2v) is 4.62. The highest BCUT2D eigenvalue weighted by atomic mass is 16.5. The molecule has 1 fully saturated rings. The molecule has 0 spiro atoms. The summed E-state index contributed by atoms with van der Waals surface area (Å²) >= 11 is 0. The van der Waals surface area contributed by atoms with E-state index in [9.17, 15) is 4.79 Å². The van der Waals surface area contributed by atoms with Crippen LogP contribution >= 0.6 is 0 Å². The minimum Gasteiger partial charge on any atom is -0.376 e. The van der Waals surface area contributed by atoms with Crippen molar-refractivity contribution in [2.24, 2.45) is 0 Å². The Labute approximate surface area is 101 Å². The third-order valence-electron chi connectivity index (χ3n) is 3.24. The van der Waals surface area contributed by atoms with E-state index in [0.29, 0.717) is 5.56 Å². The summed E-state index contributed by atoms with van der Waals surface area (Å²) in [6.45, 7) is 6.47. The number of nitrogens with one attached hydrogen (secondary N) is 2. The molecule has 2 heterocycles. The van der Waals surface area contributed by atoms with Crippen molar-refractivity contribution in [1.82, 2.24) is 15.5 Å². The van der Waals surface area contributed by atoms with Crippen molar-refractivity contribution in [3.8, 4) is 0 Å². The predicted octanol–water partition coefficient (Wildman–Crippen LogP) is 1.32. The number of carbonyl (C=O) groups is 1. The molecule has 5 nitrogen and oxygen atoms in total. The zero-order chi connectivity index (χ0) is 12.4. The quantitative estimate of drug-likeness (QED) is 0.833. The van der Waals surface area contributed by atoms with E-state index in [-0.39, 0.29) is 18.1 Å². The van der Waals surface area contributed by atoms with E-state index in [4.69, 9.17) is 4.74 Å². The fourth-order valence-corrected chi connectivity index (χ4v) is 2.25. The standard InChI is InChI=1S/C12H19N3O2/c1-7(10-5-4-6-17-10)13-12(16)11-8(2)14-15-9(11)3/h7,10H,4-6H2,1-3H3,(H,13,16)(H,14,15). The molecule has 0 saturated carbocycles. The van der Waals surface area contributed by atoms with Crippen molar-refractivity contribution < 1.29 is 9.53 Å². The van der Waals surface area contributed by atoms with Gasteiger partial charge in [-0.2, -0.15) is 5.10 Å². The van der Waals surface area contributed by atoms with E-state index in [0.717, 1.165) is 30.8 Å². The van der Waals surface area contributed by atoms with Crippen LogP contribution in [0.2, 0.25) is 0 Å². The van der Waals surface area contributed by atoms with Crippen molar-refractivity contribution in [2.45, 2.75) is 45.8 Å². The highest BCUT2D eigenvalue weighted by Crippen LogP contribution is 2.16. The Hall–Kier alpha value is -1.36. The first-order valence-electron chi connectivity index (χ1n) is 6.03. The van der Waals surface area contributed by atoms with Crippen LogP contribution < -0.4 is 5.32 Å². The van der Waals surface area contributed by atoms with Gasteiger partial charge in [0, 0.05) is 12.3 Å². The Morgan fingerprint density at radius 2 is 2.35 bits per heavy atom. The molecule has 94 valence electrons. The number of aryl methyl sites for hydroxylation is 2. The number of amides is 1. The number of rotatable bonds is 3. The lowest BCUT2D eigenvalue weighted by Crippen LogP contribution is -2.41. The van der Waals surface area contributed by atoms with Crippen LogP contribution in [0.15, 0.2) is 0 Å². The molecule has 1 aromatic heterocycles. The monoisotopic (exact) mass is 237 g/mol. The maximum absolute atomic E-state index is 12.1. The van der Waals surface area contributed by atoms with Crippen LogP contribution in [0.1, 0.15) is 41.5 Å². The van der Waals surface area contributed by atoms with Crippen LogP contribution in [-0.2, 0) is 4.74 Å². The molecule has 17 heavy (non-hydrogen) atoms. The molecule has 0 radical (unpaired) electrons. The summed E-state index contributed by atoms with van der Waals surface area (Å²) in [5.41, 5.74) is 2.19. The number of aromatic amines is 1. The Kier molecular flexibility index (Phi) is 3.47. The van der Waals surface area contributed by atoms with Gasteiger partial charge in [0.15, 0.2) is 0 Å². The summed E-state index contributed by atoms with van der Waals surface area (Å²) < 4.78 is 5.56. The largest absolute Gasteiger partial charge is 0.376 e. The Balaban J connectivity index is 2.01. The molecule has 1 aliphatic heterocycles. The molecule has 2 N–H and O–H groups in total. The van der Waals surface area contributed by atoms with E-state index < -0.39 is 0 Å². The molecule has 1 aliphatic rings. The normalized spacial score (nSPS) is 21.5. The van der Waals surface area contributed by atoms with Crippen molar-refractivity contribution in [1.29, 1.82) is 0 Å². The molecule has 5 heteroatoms. The van der Waals surface area contributed by atoms with Crippen LogP contribution in [-0.4, -0.2) is 34.9 Å². The molecule has 1 aromatic rings. The van der Waals surface area contributed by atoms with Gasteiger partial charge in [0.05, 0.1) is 23.4 Å². The molecule has 1 saturated heterocycles. The Morgan fingerprint density at radius 1 is 1.59 bits per heavy atom. The molecule has 2 rings (SSSR count). The summed E-state index contributed by atoms with van der Waals surface area (Å²) in [6, 6.07) is 0.0405. The van der Waals surface area contributed by atoms with E-state index in [1.807, 2.05) is 20.8 Å². The molecule has 1 amide bonds. The summed E-state index contributed by atoms with van der Waals surface area (Å²) in [7, 11) is 0. The van der Waals surface area contributed by atoms with Gasteiger partial charge >= 0.3 is 0 Å². The molecule has 2 unspecified atom stereocenters. The number of hydrogen-bond acceptors (Lipinski definition) is 3. The van der Waals surface area contributed by atoms with Crippen LogP contribution in [0.5, 0.6) is 0 Å². The van der Waals surface area contributed by atoms with Gasteiger partial charge < -0.3 is 10.1 Å². The topological polar surface area (TPSA) is 67.0 Å². The third kappa shape index (κ3) is 2.49. The average molecular weight is 237 g/mol. The molecular weight excluding hydrogens is 218 g/mol. The minimum atomic E-state index is -0.0725. The van der Waals surface area contributed by atoms with Gasteiger partial charge in [-0.25, -0.2) is 0 Å². The van der Waals surface area contributed by atoms with E-state index in [2.05, 4.69) is 15.5 Å². The maximum Gasteiger partial charge on any atom is 0.255 e. The first-order chi connectivity index (χ1) is 8.09. The smallest absolute Gasteiger partial charge is 0.255 e. The van der Waals surface area contributed by atoms with E-state index in [1.165, 1.54) is 0 Å². The first kappa shape index (κ1) is 12.1. The summed E-state index contributed by atoms with van der Waals surface area (Å²) in [5.74, 6) is -0.0725. The number of aromatic nitrogens is 2. The maximum atomic E-state index is 12.1. The minimum absolute atomic E-state index is 0.0405. The number of nitrogens with zero attached hydrogens (tertiary/aromatic N) is 1. The van der Waals surface area contributed by atoms with Gasteiger partial charge in [0.25, 0.3) is 5.91 Å². The number of carbonyl (C=O) groups excluding carboxylic acids is 1. The van der Waals surface area contributed by atoms with Gasteiger partial charge in [-0.05, 0) is 33.6 Å². The molecule has 0 bridgehead atoms. The van der Waals surface area contributed by atoms with Crippen molar-refractivity contribution >= 4 is 5.91 Å². The van der Waals surface area contributed by atoms with Crippen molar-refractivity contribution in [3.63, 3.8) is 0 Å². The van der Waals surface area contributed by atoms with Crippen LogP contribution in [0, 0.1) is 13.8 Å². The fourth-order valence-electron chi connectivity index (χ4n) is 2.25. The lowest BCUT2D eigenvalue weighted by Gasteiger charge is -2.19. The summed E-state index contributed by atoms with van der Waals surface area (Å²) in [5, 5.41) is 9.83. The van der Waals surface area contributed by atoms with Crippen LogP contribution in [0.4, 0.5) is 0 Å². The van der Waals surface area contributed by atoms with Crippen molar-refractivity contribution in [3.05, 3.63) is 17.0 Å². The highest BCUT2D eigenvalue weighted by molar-refractivity contribution is 5.96. The first-order valence-corrected chi connectivity index (χ1v) is 6.03. The molecule has 2 atom stereocenters. The molecule has 0 aromatic carbocycles. The van der Waals surface area contributed by atoms with Crippen molar-refractivity contribution in [2.75, 3.05) is 6.61 Å². The third-order valence-corrected chi connectivity index (χ3v) is 3.24.